The van der Waals surface area contributed by atoms with Crippen molar-refractivity contribution in [3.05, 3.63) is 70.3 Å². The van der Waals surface area contributed by atoms with Gasteiger partial charge in [-0.05, 0) is 42.3 Å². The number of hydrogen-bond donors (Lipinski definition) is 0. The molecule has 5 nitrogen and oxygen atoms in total. The van der Waals surface area contributed by atoms with Gasteiger partial charge >= 0.3 is 0 Å². The molecule has 2 aliphatic rings. The van der Waals surface area contributed by atoms with Gasteiger partial charge < -0.3 is 9.64 Å². The zero-order chi connectivity index (χ0) is 19.7. The molecule has 1 unspecified atom stereocenters. The highest BCUT2D eigenvalue weighted by molar-refractivity contribution is 8.03. The van der Waals surface area contributed by atoms with Crippen molar-refractivity contribution in [2.75, 3.05) is 24.6 Å². The van der Waals surface area contributed by atoms with Gasteiger partial charge in [-0.15, -0.1) is 0 Å². The Balaban J connectivity index is 1.65. The van der Waals surface area contributed by atoms with Gasteiger partial charge in [0.15, 0.2) is 0 Å². The summed E-state index contributed by atoms with van der Waals surface area (Å²) in [4.78, 5) is 16.9. The Bertz CT molecular complexity index is 978. The fraction of sp³-hybridized carbons (Fsp3) is 0.273. The van der Waals surface area contributed by atoms with Crippen LogP contribution in [0.2, 0.25) is 0 Å². The third-order valence-electron chi connectivity index (χ3n) is 5.29. The molecule has 0 N–H and O–H groups in total. The van der Waals surface area contributed by atoms with Gasteiger partial charge in [0.05, 0.1) is 36.3 Å². The molecule has 2 aromatic carbocycles. The lowest BCUT2D eigenvalue weighted by Gasteiger charge is -2.42. The maximum Gasteiger partial charge on any atom is 0.229 e. The van der Waals surface area contributed by atoms with E-state index >= 15 is 0 Å². The average molecular weight is 391 g/mol. The first-order valence-corrected chi connectivity index (χ1v) is 10.1. The molecule has 142 valence electrons. The average Bonchev–Trinajstić information content (AvgIpc) is 2.74. The van der Waals surface area contributed by atoms with Crippen LogP contribution in [-0.4, -0.2) is 30.5 Å². The molecular weight excluding hydrogens is 370 g/mol. The monoisotopic (exact) mass is 391 g/mol. The molecule has 0 radical (unpaired) electrons. The summed E-state index contributed by atoms with van der Waals surface area (Å²) < 4.78 is 5.22. The molecule has 28 heavy (non-hydrogen) atoms. The molecule has 1 fully saturated rings. The second-order valence-electron chi connectivity index (χ2n) is 6.92. The molecule has 1 atom stereocenters. The lowest BCUT2D eigenvalue weighted by molar-refractivity contribution is -0.129. The fourth-order valence-corrected chi connectivity index (χ4v) is 4.93. The van der Waals surface area contributed by atoms with Crippen molar-refractivity contribution >= 4 is 23.4 Å². The summed E-state index contributed by atoms with van der Waals surface area (Å²) in [7, 11) is 1.64. The first-order valence-electron chi connectivity index (χ1n) is 9.14. The van der Waals surface area contributed by atoms with E-state index in [0.717, 1.165) is 27.6 Å². The molecule has 1 amide bonds. The minimum Gasteiger partial charge on any atom is -0.497 e. The number of carbonyl (C=O) groups excluding carboxylic acids is 1. The number of nitriles is 1. The predicted molar refractivity (Wildman–Crippen MR) is 111 cm³/mol. The van der Waals surface area contributed by atoms with Crippen LogP contribution in [0, 0.1) is 18.3 Å². The fourth-order valence-electron chi connectivity index (χ4n) is 3.76. The van der Waals surface area contributed by atoms with Crippen LogP contribution in [0.3, 0.4) is 0 Å². The van der Waals surface area contributed by atoms with E-state index in [1.165, 1.54) is 0 Å². The van der Waals surface area contributed by atoms with Gasteiger partial charge in [-0.3, -0.25) is 9.69 Å². The molecule has 6 heteroatoms. The van der Waals surface area contributed by atoms with Gasteiger partial charge in [0.1, 0.15) is 5.75 Å². The van der Waals surface area contributed by atoms with E-state index in [1.807, 2.05) is 55.5 Å². The first-order chi connectivity index (χ1) is 13.6. The number of ether oxygens (including phenoxy) is 1. The number of rotatable bonds is 3. The van der Waals surface area contributed by atoms with E-state index in [9.17, 15) is 10.1 Å². The second-order valence-corrected chi connectivity index (χ2v) is 7.85. The molecule has 2 heterocycles. The summed E-state index contributed by atoms with van der Waals surface area (Å²) in [6, 6.07) is 18.2. The van der Waals surface area contributed by atoms with Crippen LogP contribution in [0.1, 0.15) is 23.5 Å². The number of anilines is 1. The van der Waals surface area contributed by atoms with Crippen LogP contribution in [0.4, 0.5) is 5.69 Å². The third-order valence-corrected chi connectivity index (χ3v) is 6.45. The summed E-state index contributed by atoms with van der Waals surface area (Å²) in [5.74, 6) is 1.39. The van der Waals surface area contributed by atoms with E-state index in [1.54, 1.807) is 23.8 Å². The van der Waals surface area contributed by atoms with Gasteiger partial charge in [0.25, 0.3) is 0 Å². The minimum absolute atomic E-state index is 0.0629. The van der Waals surface area contributed by atoms with Crippen molar-refractivity contribution in [1.82, 2.24) is 4.90 Å². The number of allylic oxidation sites excluding steroid dienone is 1. The number of nitrogens with zero attached hydrogens (tertiary/aromatic N) is 3. The lowest BCUT2D eigenvalue weighted by atomic mass is 9.84. The Morgan fingerprint density at radius 2 is 1.93 bits per heavy atom. The summed E-state index contributed by atoms with van der Waals surface area (Å²) >= 11 is 1.56. The van der Waals surface area contributed by atoms with Crippen LogP contribution in [0.25, 0.3) is 0 Å². The van der Waals surface area contributed by atoms with E-state index < -0.39 is 0 Å². The van der Waals surface area contributed by atoms with Crippen LogP contribution in [0.5, 0.6) is 5.75 Å². The highest BCUT2D eigenvalue weighted by Gasteiger charge is 2.38. The Labute approximate surface area is 169 Å². The molecule has 0 bridgehead atoms. The Hall–Kier alpha value is -2.91. The number of hydrogen-bond acceptors (Lipinski definition) is 5. The van der Waals surface area contributed by atoms with E-state index in [-0.39, 0.29) is 11.8 Å². The van der Waals surface area contributed by atoms with E-state index in [2.05, 4.69) is 11.0 Å². The maximum atomic E-state index is 13.0. The van der Waals surface area contributed by atoms with Crippen molar-refractivity contribution in [2.45, 2.75) is 19.3 Å². The standard InChI is InChI=1S/C22H21N3O2S/c1-15-5-3-4-6-18(15)19-11-21(26)25-13-24(14-28-22(25)20(19)12-23)16-7-9-17(27-2)10-8-16/h3-10,19H,11,13-14H2,1-2H3. The SMILES string of the molecule is COc1ccc(N2CSC3=C(C#N)C(c4ccccc4C)CC(=O)N3C2)cc1. The highest BCUT2D eigenvalue weighted by atomic mass is 32.2. The van der Waals surface area contributed by atoms with Gasteiger partial charge in [-0.1, -0.05) is 36.0 Å². The lowest BCUT2D eigenvalue weighted by Crippen LogP contribution is -2.47. The summed E-state index contributed by atoms with van der Waals surface area (Å²) in [6.07, 6.45) is 0.328. The Kier molecular flexibility index (Phi) is 5.01. The highest BCUT2D eigenvalue weighted by Crippen LogP contribution is 2.43. The van der Waals surface area contributed by atoms with Crippen LogP contribution < -0.4 is 9.64 Å². The smallest absolute Gasteiger partial charge is 0.229 e. The second kappa shape index (κ2) is 7.61. The van der Waals surface area contributed by atoms with Crippen molar-refractivity contribution in [3.63, 3.8) is 0 Å². The third kappa shape index (κ3) is 3.23. The van der Waals surface area contributed by atoms with E-state index in [4.69, 9.17) is 4.74 Å². The Morgan fingerprint density at radius 3 is 2.61 bits per heavy atom. The van der Waals surface area contributed by atoms with Crippen molar-refractivity contribution in [2.24, 2.45) is 0 Å². The largest absolute Gasteiger partial charge is 0.497 e. The van der Waals surface area contributed by atoms with Crippen molar-refractivity contribution in [1.29, 1.82) is 5.26 Å². The van der Waals surface area contributed by atoms with E-state index in [0.29, 0.717) is 24.5 Å². The van der Waals surface area contributed by atoms with Crippen molar-refractivity contribution in [3.8, 4) is 11.8 Å². The molecule has 0 aromatic heterocycles. The number of aryl methyl sites for hydroxylation is 1. The topological polar surface area (TPSA) is 56.6 Å². The molecule has 2 aliphatic heterocycles. The van der Waals surface area contributed by atoms with Crippen LogP contribution >= 0.6 is 11.8 Å². The van der Waals surface area contributed by atoms with Crippen molar-refractivity contribution < 1.29 is 9.53 Å². The zero-order valence-electron chi connectivity index (χ0n) is 15.9. The van der Waals surface area contributed by atoms with Gasteiger partial charge in [0, 0.05) is 18.0 Å². The molecule has 2 aromatic rings. The normalized spacial score (nSPS) is 19.3. The first kappa shape index (κ1) is 18.5. The Morgan fingerprint density at radius 1 is 1.18 bits per heavy atom. The summed E-state index contributed by atoms with van der Waals surface area (Å²) in [5, 5.41) is 10.7. The maximum absolute atomic E-state index is 13.0. The summed E-state index contributed by atoms with van der Waals surface area (Å²) in [5.41, 5.74) is 3.91. The van der Waals surface area contributed by atoms with Gasteiger partial charge in [0.2, 0.25) is 5.91 Å². The summed E-state index contributed by atoms with van der Waals surface area (Å²) in [6.45, 7) is 2.49. The number of fused-ring (bicyclic) bond motifs is 1. The van der Waals surface area contributed by atoms with Crippen LogP contribution in [-0.2, 0) is 4.79 Å². The number of thioether (sulfide) groups is 1. The predicted octanol–water partition coefficient (Wildman–Crippen LogP) is 4.22. The minimum atomic E-state index is -0.162. The number of benzene rings is 2. The number of carbonyl (C=O) groups is 1. The molecule has 0 spiro atoms. The molecular formula is C22H21N3O2S. The molecule has 1 saturated heterocycles. The molecule has 0 aliphatic carbocycles. The molecule has 4 rings (SSSR count). The van der Waals surface area contributed by atoms with Gasteiger partial charge in [-0.2, -0.15) is 5.26 Å². The number of amides is 1. The van der Waals surface area contributed by atoms with Crippen LogP contribution in [0.15, 0.2) is 59.1 Å². The van der Waals surface area contributed by atoms with Gasteiger partial charge in [-0.25, -0.2) is 0 Å². The number of methoxy groups -OCH3 is 1. The molecule has 0 saturated carbocycles. The zero-order valence-corrected chi connectivity index (χ0v) is 16.7. The quantitative estimate of drug-likeness (QED) is 0.784.